The number of carbonyl (C=O) groups excluding carboxylic acids is 2. The highest BCUT2D eigenvalue weighted by Gasteiger charge is 2.31. The van der Waals surface area contributed by atoms with E-state index < -0.39 is 6.04 Å². The van der Waals surface area contributed by atoms with Gasteiger partial charge in [-0.05, 0) is 46.5 Å². The van der Waals surface area contributed by atoms with E-state index in [-0.39, 0.29) is 24.8 Å². The van der Waals surface area contributed by atoms with Gasteiger partial charge in [0.1, 0.15) is 6.04 Å². The van der Waals surface area contributed by atoms with Crippen molar-refractivity contribution < 1.29 is 9.59 Å². The minimum absolute atomic E-state index is 0.139. The summed E-state index contributed by atoms with van der Waals surface area (Å²) in [5.41, 5.74) is 3.42. The van der Waals surface area contributed by atoms with Gasteiger partial charge in [0.2, 0.25) is 11.8 Å². The third kappa shape index (κ3) is 6.97. The number of halogens is 2. The zero-order valence-corrected chi connectivity index (χ0v) is 21.1. The van der Waals surface area contributed by atoms with E-state index in [1.807, 2.05) is 84.9 Å². The number of carbonyl (C=O) groups is 2. The third-order valence-electron chi connectivity index (χ3n) is 5.84. The van der Waals surface area contributed by atoms with Gasteiger partial charge >= 0.3 is 0 Å². The molecule has 0 heterocycles. The predicted molar refractivity (Wildman–Crippen MR) is 145 cm³/mol. The molecule has 0 spiro atoms. The predicted octanol–water partition coefficient (Wildman–Crippen LogP) is 6.62. The van der Waals surface area contributed by atoms with E-state index in [1.165, 1.54) is 0 Å². The van der Waals surface area contributed by atoms with Gasteiger partial charge in [-0.25, -0.2) is 0 Å². The molecular weight excluding hydrogens is 491 g/mol. The second kappa shape index (κ2) is 12.4. The molecule has 0 fully saturated rings. The monoisotopic (exact) mass is 516 g/mol. The van der Waals surface area contributed by atoms with Gasteiger partial charge in [0.05, 0.1) is 6.42 Å². The molecule has 0 aliphatic rings. The summed E-state index contributed by atoms with van der Waals surface area (Å²) in [5.74, 6) is -0.417. The van der Waals surface area contributed by atoms with Gasteiger partial charge in [-0.3, -0.25) is 9.59 Å². The number of nitrogens with one attached hydrogen (secondary N) is 1. The largest absolute Gasteiger partial charge is 0.350 e. The Balaban J connectivity index is 1.67. The van der Waals surface area contributed by atoms with Crippen LogP contribution in [0.2, 0.25) is 10.0 Å². The molecule has 0 aliphatic carbocycles. The molecule has 1 atom stereocenters. The van der Waals surface area contributed by atoms with Crippen molar-refractivity contribution in [3.8, 4) is 0 Å². The molecule has 6 heteroatoms. The van der Waals surface area contributed by atoms with Gasteiger partial charge in [0, 0.05) is 23.1 Å². The molecule has 4 nitrogen and oxygen atoms in total. The standard InChI is InChI=1S/C30H26Cl2N2O2/c31-26-15-11-22(12-16-26)19-28(35)34(21-24-13-17-27(32)18-14-24)29(25-9-5-2-6-10-25)30(36)33-20-23-7-3-1-4-8-23/h1-18,29H,19-21H2,(H,33,36). The van der Waals surface area contributed by atoms with Crippen LogP contribution in [-0.4, -0.2) is 16.7 Å². The van der Waals surface area contributed by atoms with Crippen molar-refractivity contribution in [2.24, 2.45) is 0 Å². The van der Waals surface area contributed by atoms with Crippen LogP contribution in [0.3, 0.4) is 0 Å². The Kier molecular flexibility index (Phi) is 8.77. The highest BCUT2D eigenvalue weighted by molar-refractivity contribution is 6.30. The van der Waals surface area contributed by atoms with Gasteiger partial charge in [-0.2, -0.15) is 0 Å². The molecule has 182 valence electrons. The molecule has 4 aromatic carbocycles. The number of amides is 2. The maximum absolute atomic E-state index is 13.7. The van der Waals surface area contributed by atoms with E-state index in [1.54, 1.807) is 29.2 Å². The molecule has 0 bridgehead atoms. The summed E-state index contributed by atoms with van der Waals surface area (Å²) in [6.45, 7) is 0.616. The van der Waals surface area contributed by atoms with Crippen molar-refractivity contribution in [1.29, 1.82) is 0 Å². The van der Waals surface area contributed by atoms with Crippen LogP contribution in [0.5, 0.6) is 0 Å². The quantitative estimate of drug-likeness (QED) is 0.271. The molecule has 0 radical (unpaired) electrons. The lowest BCUT2D eigenvalue weighted by atomic mass is 10.0. The molecule has 1 unspecified atom stereocenters. The van der Waals surface area contributed by atoms with Crippen LogP contribution < -0.4 is 5.32 Å². The molecule has 36 heavy (non-hydrogen) atoms. The average molecular weight is 517 g/mol. The lowest BCUT2D eigenvalue weighted by Crippen LogP contribution is -2.43. The first-order valence-electron chi connectivity index (χ1n) is 11.6. The third-order valence-corrected chi connectivity index (χ3v) is 6.34. The number of rotatable bonds is 9. The lowest BCUT2D eigenvalue weighted by molar-refractivity contribution is -0.141. The number of nitrogens with zero attached hydrogens (tertiary/aromatic N) is 1. The Morgan fingerprint density at radius 2 is 1.19 bits per heavy atom. The number of hydrogen-bond acceptors (Lipinski definition) is 2. The topological polar surface area (TPSA) is 49.4 Å². The number of benzene rings is 4. The second-order valence-electron chi connectivity index (χ2n) is 8.47. The maximum Gasteiger partial charge on any atom is 0.247 e. The Hall–Kier alpha value is -3.60. The highest BCUT2D eigenvalue weighted by Crippen LogP contribution is 2.26. The van der Waals surface area contributed by atoms with Gasteiger partial charge in [0.25, 0.3) is 0 Å². The van der Waals surface area contributed by atoms with Crippen LogP contribution in [0.4, 0.5) is 0 Å². The molecule has 0 saturated carbocycles. The first-order chi connectivity index (χ1) is 17.5. The van der Waals surface area contributed by atoms with Crippen molar-refractivity contribution in [1.82, 2.24) is 10.2 Å². The summed E-state index contributed by atoms with van der Waals surface area (Å²) in [5, 5.41) is 4.24. The molecule has 0 saturated heterocycles. The SMILES string of the molecule is O=C(NCc1ccccc1)C(c1ccccc1)N(Cc1ccc(Cl)cc1)C(=O)Cc1ccc(Cl)cc1. The van der Waals surface area contributed by atoms with E-state index in [0.717, 1.165) is 22.3 Å². The zero-order chi connectivity index (χ0) is 25.3. The summed E-state index contributed by atoms with van der Waals surface area (Å²) in [4.78, 5) is 29.0. The normalized spacial score (nSPS) is 11.5. The fourth-order valence-corrected chi connectivity index (χ4v) is 4.23. The Morgan fingerprint density at radius 1 is 0.667 bits per heavy atom. The molecule has 2 amide bonds. The Labute approximate surface area is 221 Å². The van der Waals surface area contributed by atoms with Crippen LogP contribution in [0.25, 0.3) is 0 Å². The van der Waals surface area contributed by atoms with Crippen LogP contribution in [0.15, 0.2) is 109 Å². The van der Waals surface area contributed by atoms with E-state index >= 15 is 0 Å². The molecule has 0 aliphatic heterocycles. The molecule has 4 aromatic rings. The summed E-state index contributed by atoms with van der Waals surface area (Å²) < 4.78 is 0. The van der Waals surface area contributed by atoms with Gasteiger partial charge in [0.15, 0.2) is 0 Å². The first kappa shape index (κ1) is 25.5. The number of hydrogen-bond donors (Lipinski definition) is 1. The fourth-order valence-electron chi connectivity index (χ4n) is 3.98. The van der Waals surface area contributed by atoms with Crippen LogP contribution in [0.1, 0.15) is 28.3 Å². The molecule has 1 N–H and O–H groups in total. The van der Waals surface area contributed by atoms with Crippen molar-refractivity contribution >= 4 is 35.0 Å². The summed E-state index contributed by atoms with van der Waals surface area (Å²) in [7, 11) is 0. The molecular formula is C30H26Cl2N2O2. The second-order valence-corrected chi connectivity index (χ2v) is 9.34. The van der Waals surface area contributed by atoms with Gasteiger partial charge in [-0.1, -0.05) is 108 Å². The van der Waals surface area contributed by atoms with Crippen molar-refractivity contribution in [2.75, 3.05) is 0 Å². The smallest absolute Gasteiger partial charge is 0.247 e. The van der Waals surface area contributed by atoms with E-state index in [4.69, 9.17) is 23.2 Å². The summed E-state index contributed by atoms with van der Waals surface area (Å²) in [6, 6.07) is 32.7. The van der Waals surface area contributed by atoms with Crippen molar-refractivity contribution in [3.05, 3.63) is 141 Å². The van der Waals surface area contributed by atoms with Gasteiger partial charge < -0.3 is 10.2 Å². The Morgan fingerprint density at radius 3 is 1.78 bits per heavy atom. The van der Waals surface area contributed by atoms with Crippen LogP contribution in [0, 0.1) is 0 Å². The highest BCUT2D eigenvalue weighted by atomic mass is 35.5. The van der Waals surface area contributed by atoms with E-state index in [0.29, 0.717) is 16.6 Å². The Bertz CT molecular complexity index is 1280. The van der Waals surface area contributed by atoms with Crippen LogP contribution in [-0.2, 0) is 29.1 Å². The van der Waals surface area contributed by atoms with Crippen molar-refractivity contribution in [2.45, 2.75) is 25.6 Å². The first-order valence-corrected chi connectivity index (χ1v) is 12.4. The molecule has 4 rings (SSSR count). The fraction of sp³-hybridized carbons (Fsp3) is 0.133. The summed E-state index contributed by atoms with van der Waals surface area (Å²) >= 11 is 12.1. The molecule has 0 aromatic heterocycles. The lowest BCUT2D eigenvalue weighted by Gasteiger charge is -2.32. The average Bonchev–Trinajstić information content (AvgIpc) is 2.91. The minimum Gasteiger partial charge on any atom is -0.350 e. The van der Waals surface area contributed by atoms with Crippen molar-refractivity contribution in [3.63, 3.8) is 0 Å². The minimum atomic E-state index is -0.814. The van der Waals surface area contributed by atoms with E-state index in [9.17, 15) is 9.59 Å². The van der Waals surface area contributed by atoms with Crippen LogP contribution >= 0.6 is 23.2 Å². The summed E-state index contributed by atoms with van der Waals surface area (Å²) in [6.07, 6.45) is 0.139. The van der Waals surface area contributed by atoms with E-state index in [2.05, 4.69) is 5.32 Å². The van der Waals surface area contributed by atoms with Gasteiger partial charge in [-0.15, -0.1) is 0 Å². The zero-order valence-electron chi connectivity index (χ0n) is 19.6. The maximum atomic E-state index is 13.7.